The molecule has 2 heterocycles. The van der Waals surface area contributed by atoms with E-state index in [1.165, 1.54) is 18.4 Å². The van der Waals surface area contributed by atoms with E-state index in [1.807, 2.05) is 13.2 Å². The number of hydrogen-bond donors (Lipinski definition) is 1. The van der Waals surface area contributed by atoms with Gasteiger partial charge in [-0.2, -0.15) is 0 Å². The normalized spacial score (nSPS) is 18.7. The van der Waals surface area contributed by atoms with E-state index in [2.05, 4.69) is 25.3 Å². The number of nitrogens with one attached hydrogen (secondary N) is 1. The van der Waals surface area contributed by atoms with Crippen molar-refractivity contribution in [2.75, 3.05) is 7.05 Å². The molecule has 0 fully saturated rings. The lowest BCUT2D eigenvalue weighted by molar-refractivity contribution is 0.532. The molecule has 0 saturated carbocycles. The van der Waals surface area contributed by atoms with Crippen LogP contribution in [-0.2, 0) is 6.42 Å². The highest BCUT2D eigenvalue weighted by Gasteiger charge is 2.19. The summed E-state index contributed by atoms with van der Waals surface area (Å²) < 4.78 is 0. The van der Waals surface area contributed by atoms with E-state index in [9.17, 15) is 0 Å². The molecule has 0 amide bonds. The minimum Gasteiger partial charge on any atom is -0.313 e. The van der Waals surface area contributed by atoms with Gasteiger partial charge in [-0.25, -0.2) is 15.0 Å². The average molecular weight is 255 g/mol. The first kappa shape index (κ1) is 12.2. The molecule has 0 saturated heterocycles. The Balaban J connectivity index is 2.01. The Morgan fingerprint density at radius 3 is 2.89 bits per heavy atom. The highest BCUT2D eigenvalue weighted by Crippen LogP contribution is 2.27. The molecule has 3 rings (SSSR count). The predicted molar refractivity (Wildman–Crippen MR) is 72.4 cm³/mol. The number of hydrogen-bond acceptors (Lipinski definition) is 5. The van der Waals surface area contributed by atoms with Crippen LogP contribution in [0.3, 0.4) is 0 Å². The molecule has 0 aliphatic heterocycles. The second-order valence-electron chi connectivity index (χ2n) is 4.77. The second-order valence-corrected chi connectivity index (χ2v) is 4.77. The summed E-state index contributed by atoms with van der Waals surface area (Å²) in [5.74, 6) is 0.670. The molecule has 2 aromatic rings. The Morgan fingerprint density at radius 2 is 2.11 bits per heavy atom. The zero-order valence-electron chi connectivity index (χ0n) is 11.0. The van der Waals surface area contributed by atoms with Crippen molar-refractivity contribution in [3.63, 3.8) is 0 Å². The lowest BCUT2D eigenvalue weighted by Crippen LogP contribution is -2.17. The number of nitrogens with zero attached hydrogens (tertiary/aromatic N) is 4. The summed E-state index contributed by atoms with van der Waals surface area (Å²) in [5.41, 5.74) is 3.11. The van der Waals surface area contributed by atoms with Gasteiger partial charge in [0.05, 0.1) is 6.20 Å². The van der Waals surface area contributed by atoms with Crippen LogP contribution >= 0.6 is 0 Å². The SMILES string of the molecule is CNC1CCCCc2nc(-c3cnccn3)ncc21. The first-order chi connectivity index (χ1) is 9.38. The first-order valence-electron chi connectivity index (χ1n) is 6.68. The maximum Gasteiger partial charge on any atom is 0.179 e. The van der Waals surface area contributed by atoms with Gasteiger partial charge in [0.2, 0.25) is 0 Å². The molecule has 1 aliphatic rings. The van der Waals surface area contributed by atoms with Gasteiger partial charge in [0, 0.05) is 35.9 Å². The largest absolute Gasteiger partial charge is 0.313 e. The van der Waals surface area contributed by atoms with Crippen LogP contribution in [0.15, 0.2) is 24.8 Å². The molecule has 19 heavy (non-hydrogen) atoms. The Hall–Kier alpha value is -1.88. The summed E-state index contributed by atoms with van der Waals surface area (Å²) in [6, 6.07) is 0.369. The van der Waals surface area contributed by atoms with Gasteiger partial charge in [0.15, 0.2) is 5.82 Å². The quantitative estimate of drug-likeness (QED) is 0.831. The molecule has 1 atom stereocenters. The molecule has 98 valence electrons. The molecule has 0 radical (unpaired) electrons. The predicted octanol–water partition coefficient (Wildman–Crippen LogP) is 1.92. The fraction of sp³-hybridized carbons (Fsp3) is 0.429. The number of fused-ring (bicyclic) bond motifs is 1. The molecule has 1 aliphatic carbocycles. The average Bonchev–Trinajstić information content (AvgIpc) is 2.69. The fourth-order valence-corrected chi connectivity index (χ4v) is 2.55. The molecule has 5 heteroatoms. The monoisotopic (exact) mass is 255 g/mol. The first-order valence-corrected chi connectivity index (χ1v) is 6.68. The molecular weight excluding hydrogens is 238 g/mol. The van der Waals surface area contributed by atoms with Crippen LogP contribution in [0.5, 0.6) is 0 Å². The topological polar surface area (TPSA) is 63.6 Å². The number of aryl methyl sites for hydroxylation is 1. The van der Waals surface area contributed by atoms with Gasteiger partial charge in [-0.05, 0) is 26.3 Å². The van der Waals surface area contributed by atoms with Gasteiger partial charge in [-0.1, -0.05) is 6.42 Å². The smallest absolute Gasteiger partial charge is 0.179 e. The van der Waals surface area contributed by atoms with Crippen LogP contribution in [0, 0.1) is 0 Å². The molecule has 2 aromatic heterocycles. The van der Waals surface area contributed by atoms with Gasteiger partial charge in [0.1, 0.15) is 5.69 Å². The molecular formula is C14H17N5. The van der Waals surface area contributed by atoms with Crippen molar-refractivity contribution in [2.24, 2.45) is 0 Å². The van der Waals surface area contributed by atoms with E-state index in [4.69, 9.17) is 0 Å². The third kappa shape index (κ3) is 2.46. The van der Waals surface area contributed by atoms with Crippen LogP contribution in [0.2, 0.25) is 0 Å². The molecule has 1 unspecified atom stereocenters. The summed E-state index contributed by atoms with van der Waals surface area (Å²) in [4.78, 5) is 17.5. The second kappa shape index (κ2) is 5.40. The Labute approximate surface area is 112 Å². The van der Waals surface area contributed by atoms with E-state index in [0.29, 0.717) is 11.9 Å². The van der Waals surface area contributed by atoms with E-state index >= 15 is 0 Å². The summed E-state index contributed by atoms with van der Waals surface area (Å²) in [6.07, 6.45) is 11.5. The molecule has 0 bridgehead atoms. The molecule has 0 aromatic carbocycles. The van der Waals surface area contributed by atoms with Crippen molar-refractivity contribution in [2.45, 2.75) is 31.7 Å². The van der Waals surface area contributed by atoms with Crippen LogP contribution in [0.1, 0.15) is 36.6 Å². The van der Waals surface area contributed by atoms with Crippen molar-refractivity contribution in [3.05, 3.63) is 36.0 Å². The summed E-state index contributed by atoms with van der Waals surface area (Å²) in [6.45, 7) is 0. The molecule has 1 N–H and O–H groups in total. The zero-order chi connectivity index (χ0) is 13.1. The van der Waals surface area contributed by atoms with Crippen molar-refractivity contribution in [1.29, 1.82) is 0 Å². The van der Waals surface area contributed by atoms with Crippen molar-refractivity contribution < 1.29 is 0 Å². The van der Waals surface area contributed by atoms with Crippen LogP contribution in [0.25, 0.3) is 11.5 Å². The zero-order valence-corrected chi connectivity index (χ0v) is 11.0. The minimum absolute atomic E-state index is 0.369. The van der Waals surface area contributed by atoms with Gasteiger partial charge < -0.3 is 5.32 Å². The number of rotatable bonds is 2. The maximum absolute atomic E-state index is 4.69. The van der Waals surface area contributed by atoms with Gasteiger partial charge in [-0.15, -0.1) is 0 Å². The van der Waals surface area contributed by atoms with Crippen molar-refractivity contribution >= 4 is 0 Å². The lowest BCUT2D eigenvalue weighted by atomic mass is 10.1. The van der Waals surface area contributed by atoms with E-state index in [-0.39, 0.29) is 0 Å². The lowest BCUT2D eigenvalue weighted by Gasteiger charge is -2.15. The molecule has 5 nitrogen and oxygen atoms in total. The van der Waals surface area contributed by atoms with Crippen molar-refractivity contribution in [3.8, 4) is 11.5 Å². The summed E-state index contributed by atoms with van der Waals surface area (Å²) in [5, 5.41) is 3.35. The highest BCUT2D eigenvalue weighted by atomic mass is 15.0. The summed E-state index contributed by atoms with van der Waals surface area (Å²) >= 11 is 0. The van der Waals surface area contributed by atoms with E-state index in [1.54, 1.807) is 18.6 Å². The van der Waals surface area contributed by atoms with E-state index < -0.39 is 0 Å². The minimum atomic E-state index is 0.369. The van der Waals surface area contributed by atoms with Crippen LogP contribution in [0.4, 0.5) is 0 Å². The van der Waals surface area contributed by atoms with Crippen LogP contribution < -0.4 is 5.32 Å². The standard InChI is InChI=1S/C14H17N5/c1-15-11-4-2-3-5-12-10(11)8-18-14(19-12)13-9-16-6-7-17-13/h6-9,11,15H,2-5H2,1H3. The van der Waals surface area contributed by atoms with E-state index in [0.717, 1.165) is 24.2 Å². The highest BCUT2D eigenvalue weighted by molar-refractivity contribution is 5.47. The maximum atomic E-state index is 4.69. The number of aromatic nitrogens is 4. The van der Waals surface area contributed by atoms with Gasteiger partial charge in [0.25, 0.3) is 0 Å². The third-order valence-electron chi connectivity index (χ3n) is 3.57. The Bertz CT molecular complexity index is 555. The van der Waals surface area contributed by atoms with Crippen LogP contribution in [-0.4, -0.2) is 27.0 Å². The van der Waals surface area contributed by atoms with Gasteiger partial charge in [-0.3, -0.25) is 4.98 Å². The van der Waals surface area contributed by atoms with Gasteiger partial charge >= 0.3 is 0 Å². The van der Waals surface area contributed by atoms with Crippen molar-refractivity contribution in [1.82, 2.24) is 25.3 Å². The Morgan fingerprint density at radius 1 is 1.16 bits per heavy atom. The third-order valence-corrected chi connectivity index (χ3v) is 3.57. The fourth-order valence-electron chi connectivity index (χ4n) is 2.55. The molecule has 0 spiro atoms. The Kier molecular flexibility index (Phi) is 3.46. The summed E-state index contributed by atoms with van der Waals surface area (Å²) in [7, 11) is 2.00.